The highest BCUT2D eigenvalue weighted by Gasteiger charge is 2.48. The van der Waals surface area contributed by atoms with Gasteiger partial charge in [0.1, 0.15) is 5.69 Å². The van der Waals surface area contributed by atoms with E-state index in [2.05, 4.69) is 11.2 Å². The standard InChI is InChI=1S/C17H20N2O3S/c1-12-16(13(2)22-18-12)23(20,21)19-11-17(9-5-6-10-17)14-7-3-4-8-15(14)19/h3-4,7-8H,5-6,9-11H2,1-2H3. The molecule has 5 nitrogen and oxygen atoms in total. The summed E-state index contributed by atoms with van der Waals surface area (Å²) in [4.78, 5) is 0.211. The highest BCUT2D eigenvalue weighted by molar-refractivity contribution is 7.93. The van der Waals surface area contributed by atoms with E-state index in [0.29, 0.717) is 18.0 Å². The van der Waals surface area contributed by atoms with Crippen molar-refractivity contribution in [2.24, 2.45) is 0 Å². The van der Waals surface area contributed by atoms with E-state index in [1.54, 1.807) is 18.2 Å². The predicted octanol–water partition coefficient (Wildman–Crippen LogP) is 3.31. The van der Waals surface area contributed by atoms with Crippen LogP contribution in [0, 0.1) is 13.8 Å². The lowest BCUT2D eigenvalue weighted by molar-refractivity contribution is 0.390. The third-order valence-corrected chi connectivity index (χ3v) is 7.27. The van der Waals surface area contributed by atoms with E-state index in [0.717, 1.165) is 31.4 Å². The monoisotopic (exact) mass is 332 g/mol. The van der Waals surface area contributed by atoms with Crippen LogP contribution < -0.4 is 4.31 Å². The van der Waals surface area contributed by atoms with Crippen molar-refractivity contribution < 1.29 is 12.9 Å². The van der Waals surface area contributed by atoms with Crippen molar-refractivity contribution in [3.05, 3.63) is 41.3 Å². The number of hydrogen-bond acceptors (Lipinski definition) is 4. The second kappa shape index (κ2) is 4.84. The highest BCUT2D eigenvalue weighted by atomic mass is 32.2. The van der Waals surface area contributed by atoms with Crippen molar-refractivity contribution in [2.45, 2.75) is 49.8 Å². The molecule has 1 fully saturated rings. The van der Waals surface area contributed by atoms with Crippen molar-refractivity contribution in [2.75, 3.05) is 10.8 Å². The maximum Gasteiger partial charge on any atom is 0.269 e. The Morgan fingerprint density at radius 1 is 1.17 bits per heavy atom. The van der Waals surface area contributed by atoms with Crippen LogP contribution in [0.1, 0.15) is 42.7 Å². The van der Waals surface area contributed by atoms with Crippen molar-refractivity contribution in [3.8, 4) is 0 Å². The Labute approximate surface area is 136 Å². The predicted molar refractivity (Wildman–Crippen MR) is 87.1 cm³/mol. The number of aromatic nitrogens is 1. The van der Waals surface area contributed by atoms with Gasteiger partial charge < -0.3 is 4.52 Å². The number of aryl methyl sites for hydroxylation is 2. The number of anilines is 1. The largest absolute Gasteiger partial charge is 0.360 e. The van der Waals surface area contributed by atoms with E-state index in [1.807, 2.05) is 18.2 Å². The lowest BCUT2D eigenvalue weighted by Gasteiger charge is -2.25. The fourth-order valence-electron chi connectivity index (χ4n) is 4.23. The average Bonchev–Trinajstić information content (AvgIpc) is 3.21. The number of fused-ring (bicyclic) bond motifs is 2. The molecule has 0 unspecified atom stereocenters. The number of rotatable bonds is 2. The summed E-state index contributed by atoms with van der Waals surface area (Å²) >= 11 is 0. The van der Waals surface area contributed by atoms with Crippen molar-refractivity contribution in [1.82, 2.24) is 5.16 Å². The molecule has 122 valence electrons. The van der Waals surface area contributed by atoms with Crippen LogP contribution in [-0.2, 0) is 15.4 Å². The first-order valence-electron chi connectivity index (χ1n) is 8.01. The number of para-hydroxylation sites is 1. The van der Waals surface area contributed by atoms with E-state index in [1.165, 1.54) is 5.56 Å². The zero-order chi connectivity index (χ0) is 16.2. The third kappa shape index (κ3) is 1.97. The first kappa shape index (κ1) is 14.8. The number of hydrogen-bond donors (Lipinski definition) is 0. The van der Waals surface area contributed by atoms with Crippen molar-refractivity contribution in [1.29, 1.82) is 0 Å². The topological polar surface area (TPSA) is 63.4 Å². The maximum atomic E-state index is 13.3. The summed E-state index contributed by atoms with van der Waals surface area (Å²) in [5, 5.41) is 3.82. The summed E-state index contributed by atoms with van der Waals surface area (Å²) in [6.45, 7) is 3.86. The second-order valence-corrected chi connectivity index (χ2v) is 8.47. The van der Waals surface area contributed by atoms with Gasteiger partial charge in [-0.2, -0.15) is 0 Å². The molecule has 0 N–H and O–H groups in total. The van der Waals surface area contributed by atoms with Gasteiger partial charge in [-0.3, -0.25) is 4.31 Å². The number of nitrogens with zero attached hydrogens (tertiary/aromatic N) is 2. The Morgan fingerprint density at radius 3 is 2.52 bits per heavy atom. The fraction of sp³-hybridized carbons (Fsp3) is 0.471. The van der Waals surface area contributed by atoms with Gasteiger partial charge in [0.2, 0.25) is 0 Å². The molecule has 2 heterocycles. The van der Waals surface area contributed by atoms with E-state index in [4.69, 9.17) is 4.52 Å². The van der Waals surface area contributed by atoms with Gasteiger partial charge >= 0.3 is 0 Å². The number of sulfonamides is 1. The minimum Gasteiger partial charge on any atom is -0.360 e. The van der Waals surface area contributed by atoms with Crippen LogP contribution in [-0.4, -0.2) is 20.1 Å². The smallest absolute Gasteiger partial charge is 0.269 e. The molecular weight excluding hydrogens is 312 g/mol. The van der Waals surface area contributed by atoms with E-state index in [-0.39, 0.29) is 10.3 Å². The fourth-order valence-corrected chi connectivity index (χ4v) is 6.10. The molecule has 2 aliphatic rings. The van der Waals surface area contributed by atoms with Crippen LogP contribution in [0.15, 0.2) is 33.7 Å². The van der Waals surface area contributed by atoms with E-state index < -0.39 is 10.0 Å². The first-order chi connectivity index (χ1) is 11.0. The second-order valence-electron chi connectivity index (χ2n) is 6.67. The molecular formula is C17H20N2O3S. The summed E-state index contributed by atoms with van der Waals surface area (Å²) in [6, 6.07) is 7.91. The summed E-state index contributed by atoms with van der Waals surface area (Å²) in [7, 11) is -3.66. The Morgan fingerprint density at radius 2 is 1.87 bits per heavy atom. The highest BCUT2D eigenvalue weighted by Crippen LogP contribution is 2.51. The van der Waals surface area contributed by atoms with Crippen LogP contribution in [0.2, 0.25) is 0 Å². The molecule has 0 amide bonds. The molecule has 0 atom stereocenters. The third-order valence-electron chi connectivity index (χ3n) is 5.27. The van der Waals surface area contributed by atoms with Gasteiger partial charge in [-0.15, -0.1) is 0 Å². The van der Waals surface area contributed by atoms with Gasteiger partial charge in [0.05, 0.1) is 5.69 Å². The normalized spacial score (nSPS) is 19.5. The zero-order valence-corrected chi connectivity index (χ0v) is 14.2. The summed E-state index contributed by atoms with van der Waals surface area (Å²) < 4.78 is 33.2. The Balaban J connectivity index is 1.88. The molecule has 23 heavy (non-hydrogen) atoms. The Kier molecular flexibility index (Phi) is 3.10. The summed E-state index contributed by atoms with van der Waals surface area (Å²) in [6.07, 6.45) is 4.43. The molecule has 0 bridgehead atoms. The minimum atomic E-state index is -3.66. The zero-order valence-electron chi connectivity index (χ0n) is 13.4. The van der Waals surface area contributed by atoms with Gasteiger partial charge in [0.15, 0.2) is 10.7 Å². The molecule has 2 aromatic rings. The SMILES string of the molecule is Cc1noc(C)c1S(=O)(=O)N1CC2(CCCC2)c2ccccc21. The van der Waals surface area contributed by atoms with Gasteiger partial charge in [-0.1, -0.05) is 36.2 Å². The Hall–Kier alpha value is -1.82. The van der Waals surface area contributed by atoms with Crippen LogP contribution in [0.4, 0.5) is 5.69 Å². The molecule has 1 aliphatic heterocycles. The van der Waals surface area contributed by atoms with Crippen LogP contribution in [0.3, 0.4) is 0 Å². The first-order valence-corrected chi connectivity index (χ1v) is 9.45. The molecule has 0 radical (unpaired) electrons. The van der Waals surface area contributed by atoms with Gasteiger partial charge in [0.25, 0.3) is 10.0 Å². The molecule has 1 saturated carbocycles. The lowest BCUT2D eigenvalue weighted by Crippen LogP contribution is -2.36. The van der Waals surface area contributed by atoms with Crippen LogP contribution in [0.25, 0.3) is 0 Å². The summed E-state index contributed by atoms with van der Waals surface area (Å²) in [5.41, 5.74) is 2.39. The van der Waals surface area contributed by atoms with Gasteiger partial charge in [0, 0.05) is 12.0 Å². The molecule has 0 saturated heterocycles. The van der Waals surface area contributed by atoms with Crippen LogP contribution in [0.5, 0.6) is 0 Å². The van der Waals surface area contributed by atoms with E-state index in [9.17, 15) is 8.42 Å². The average molecular weight is 332 g/mol. The van der Waals surface area contributed by atoms with Crippen molar-refractivity contribution >= 4 is 15.7 Å². The number of benzene rings is 1. The lowest BCUT2D eigenvalue weighted by atomic mass is 9.81. The summed E-state index contributed by atoms with van der Waals surface area (Å²) in [5.74, 6) is 0.354. The Bertz CT molecular complexity index is 844. The molecule has 1 aliphatic carbocycles. The van der Waals surface area contributed by atoms with E-state index >= 15 is 0 Å². The quantitative estimate of drug-likeness (QED) is 0.846. The van der Waals surface area contributed by atoms with Crippen molar-refractivity contribution in [3.63, 3.8) is 0 Å². The van der Waals surface area contributed by atoms with Crippen LogP contribution >= 0.6 is 0 Å². The minimum absolute atomic E-state index is 0.0252. The molecule has 4 rings (SSSR count). The molecule has 1 spiro atoms. The molecule has 6 heteroatoms. The van der Waals surface area contributed by atoms with Gasteiger partial charge in [-0.25, -0.2) is 8.42 Å². The molecule has 1 aromatic heterocycles. The van der Waals surface area contributed by atoms with Gasteiger partial charge in [-0.05, 0) is 38.3 Å². The maximum absolute atomic E-state index is 13.3. The molecule has 1 aromatic carbocycles.